The van der Waals surface area contributed by atoms with Gasteiger partial charge in [-0.05, 0) is 70.1 Å². The minimum Gasteiger partial charge on any atom is -0.361 e. The smallest absolute Gasteiger partial charge is 0.132 e. The van der Waals surface area contributed by atoms with Crippen molar-refractivity contribution in [3.8, 4) is 22.6 Å². The number of aromatic nitrogens is 4. The Bertz CT molecular complexity index is 1320. The zero-order chi connectivity index (χ0) is 24.5. The lowest BCUT2D eigenvalue weighted by Gasteiger charge is -2.29. The lowest BCUT2D eigenvalue weighted by atomic mass is 9.79. The maximum absolute atomic E-state index is 15.0. The number of rotatable bonds is 8. The SMILES string of the molecule is CC(C)C(C)(C)CCOCn1cnc(-c2ccc3ncc(Br)cc3n2)c1-c1cc(Cl)ccc1F. The van der Waals surface area contributed by atoms with Crippen LogP contribution in [0.15, 0.2) is 53.4 Å². The molecule has 3 heterocycles. The van der Waals surface area contributed by atoms with Gasteiger partial charge >= 0.3 is 0 Å². The van der Waals surface area contributed by atoms with Gasteiger partial charge in [0, 0.05) is 27.9 Å². The quantitative estimate of drug-likeness (QED) is 0.212. The molecule has 0 saturated heterocycles. The van der Waals surface area contributed by atoms with E-state index in [0.717, 1.165) is 16.4 Å². The van der Waals surface area contributed by atoms with Crippen molar-refractivity contribution < 1.29 is 9.13 Å². The predicted octanol–water partition coefficient (Wildman–Crippen LogP) is 7.76. The van der Waals surface area contributed by atoms with Gasteiger partial charge in [0.25, 0.3) is 0 Å². The Kier molecular flexibility index (Phi) is 7.36. The summed E-state index contributed by atoms with van der Waals surface area (Å²) in [7, 11) is 0. The summed E-state index contributed by atoms with van der Waals surface area (Å²) in [6, 6.07) is 10.1. The van der Waals surface area contributed by atoms with Crippen molar-refractivity contribution >= 4 is 38.6 Å². The first-order valence-electron chi connectivity index (χ1n) is 11.2. The van der Waals surface area contributed by atoms with E-state index in [0.29, 0.717) is 45.7 Å². The predicted molar refractivity (Wildman–Crippen MR) is 138 cm³/mol. The third-order valence-corrected chi connectivity index (χ3v) is 7.12. The van der Waals surface area contributed by atoms with Crippen LogP contribution < -0.4 is 0 Å². The van der Waals surface area contributed by atoms with Crippen molar-refractivity contribution in [2.75, 3.05) is 6.61 Å². The van der Waals surface area contributed by atoms with E-state index < -0.39 is 5.82 Å². The summed E-state index contributed by atoms with van der Waals surface area (Å²) in [5, 5.41) is 0.439. The molecule has 3 aromatic heterocycles. The first kappa shape index (κ1) is 24.8. The molecule has 0 aliphatic rings. The number of fused-ring (bicyclic) bond motifs is 1. The Hall–Kier alpha value is -2.35. The summed E-state index contributed by atoms with van der Waals surface area (Å²) in [4.78, 5) is 13.7. The average molecular weight is 546 g/mol. The third-order valence-electron chi connectivity index (χ3n) is 6.45. The van der Waals surface area contributed by atoms with E-state index >= 15 is 0 Å². The maximum Gasteiger partial charge on any atom is 0.132 e. The number of imidazole rings is 1. The van der Waals surface area contributed by atoms with E-state index in [1.807, 2.05) is 18.2 Å². The number of hydrogen-bond donors (Lipinski definition) is 0. The maximum atomic E-state index is 15.0. The van der Waals surface area contributed by atoms with E-state index in [4.69, 9.17) is 21.3 Å². The van der Waals surface area contributed by atoms with Crippen LogP contribution >= 0.6 is 27.5 Å². The van der Waals surface area contributed by atoms with Crippen LogP contribution in [-0.2, 0) is 11.5 Å². The first-order valence-corrected chi connectivity index (χ1v) is 12.3. The highest BCUT2D eigenvalue weighted by Gasteiger charge is 2.23. The number of benzene rings is 1. The van der Waals surface area contributed by atoms with Gasteiger partial charge in [-0.1, -0.05) is 39.3 Å². The first-order chi connectivity index (χ1) is 16.2. The standard InChI is InChI=1S/C26H27BrClFN4O/c1-16(2)26(3,4)9-10-34-15-33-14-31-24(25(33)19-12-18(28)5-6-20(19)29)22-8-7-21-23(32-22)11-17(27)13-30-21/h5-8,11-14,16H,9-10,15H2,1-4H3. The summed E-state index contributed by atoms with van der Waals surface area (Å²) in [6.45, 7) is 9.73. The summed E-state index contributed by atoms with van der Waals surface area (Å²) < 4.78 is 23.6. The van der Waals surface area contributed by atoms with Gasteiger partial charge in [0.2, 0.25) is 0 Å². The van der Waals surface area contributed by atoms with Crippen molar-refractivity contribution in [1.82, 2.24) is 19.5 Å². The molecule has 0 aliphatic carbocycles. The molecule has 0 aliphatic heterocycles. The molecule has 0 atom stereocenters. The molecule has 1 aromatic carbocycles. The van der Waals surface area contributed by atoms with Gasteiger partial charge < -0.3 is 9.30 Å². The molecule has 8 heteroatoms. The molecule has 4 aromatic rings. The Morgan fingerprint density at radius 3 is 2.68 bits per heavy atom. The number of nitrogens with zero attached hydrogens (tertiary/aromatic N) is 4. The van der Waals surface area contributed by atoms with Gasteiger partial charge in [-0.25, -0.2) is 14.4 Å². The van der Waals surface area contributed by atoms with Crippen LogP contribution in [0.1, 0.15) is 34.1 Å². The number of hydrogen-bond acceptors (Lipinski definition) is 4. The molecule has 0 saturated carbocycles. The van der Waals surface area contributed by atoms with Crippen LogP contribution in [0.5, 0.6) is 0 Å². The number of ether oxygens (including phenoxy) is 1. The molecule has 0 unspecified atom stereocenters. The fourth-order valence-corrected chi connectivity index (χ4v) is 4.02. The van der Waals surface area contributed by atoms with Crippen molar-refractivity contribution in [3.05, 3.63) is 64.2 Å². The van der Waals surface area contributed by atoms with Gasteiger partial charge in [0.15, 0.2) is 0 Å². The van der Waals surface area contributed by atoms with Crippen molar-refractivity contribution in [2.45, 2.75) is 40.8 Å². The van der Waals surface area contributed by atoms with E-state index in [9.17, 15) is 4.39 Å². The molecule has 0 bridgehead atoms. The van der Waals surface area contributed by atoms with Gasteiger partial charge in [-0.15, -0.1) is 0 Å². The summed E-state index contributed by atoms with van der Waals surface area (Å²) in [5.74, 6) is 0.152. The normalized spacial score (nSPS) is 12.1. The van der Waals surface area contributed by atoms with Gasteiger partial charge in [0.1, 0.15) is 18.2 Å². The molecule has 0 radical (unpaired) electrons. The van der Waals surface area contributed by atoms with Crippen LogP contribution in [0.25, 0.3) is 33.7 Å². The second kappa shape index (κ2) is 10.1. The lowest BCUT2D eigenvalue weighted by Crippen LogP contribution is -2.21. The number of halogens is 3. The minimum atomic E-state index is -0.390. The molecular formula is C26H27BrClFN4O. The van der Waals surface area contributed by atoms with Gasteiger partial charge in [-0.2, -0.15) is 0 Å². The average Bonchev–Trinajstić information content (AvgIpc) is 3.21. The summed E-state index contributed by atoms with van der Waals surface area (Å²) in [6.07, 6.45) is 4.30. The topological polar surface area (TPSA) is 52.8 Å². The number of pyridine rings is 2. The van der Waals surface area contributed by atoms with Crippen LogP contribution in [0, 0.1) is 17.2 Å². The summed E-state index contributed by atoms with van der Waals surface area (Å²) in [5.41, 5.74) is 3.72. The molecule has 4 rings (SSSR count). The highest BCUT2D eigenvalue weighted by atomic mass is 79.9. The summed E-state index contributed by atoms with van der Waals surface area (Å²) >= 11 is 9.67. The second-order valence-electron chi connectivity index (χ2n) is 9.35. The Labute approximate surface area is 212 Å². The van der Waals surface area contributed by atoms with Gasteiger partial charge in [-0.3, -0.25) is 4.98 Å². The van der Waals surface area contributed by atoms with Crippen molar-refractivity contribution in [1.29, 1.82) is 0 Å². The van der Waals surface area contributed by atoms with Crippen LogP contribution in [0.3, 0.4) is 0 Å². The Balaban J connectivity index is 1.72. The molecule has 34 heavy (non-hydrogen) atoms. The monoisotopic (exact) mass is 544 g/mol. The molecule has 0 N–H and O–H groups in total. The molecule has 5 nitrogen and oxygen atoms in total. The van der Waals surface area contributed by atoms with E-state index in [2.05, 4.69) is 53.6 Å². The second-order valence-corrected chi connectivity index (χ2v) is 10.7. The molecular weight excluding hydrogens is 519 g/mol. The van der Waals surface area contributed by atoms with Crippen LogP contribution in [0.4, 0.5) is 4.39 Å². The zero-order valence-electron chi connectivity index (χ0n) is 19.6. The largest absolute Gasteiger partial charge is 0.361 e. The van der Waals surface area contributed by atoms with Crippen molar-refractivity contribution in [2.24, 2.45) is 11.3 Å². The third kappa shape index (κ3) is 5.32. The fourth-order valence-electron chi connectivity index (χ4n) is 3.53. The Morgan fingerprint density at radius 1 is 1.12 bits per heavy atom. The van der Waals surface area contributed by atoms with Crippen LogP contribution in [-0.4, -0.2) is 26.1 Å². The highest BCUT2D eigenvalue weighted by Crippen LogP contribution is 2.35. The lowest BCUT2D eigenvalue weighted by molar-refractivity contribution is 0.0472. The molecule has 0 amide bonds. The Morgan fingerprint density at radius 2 is 1.91 bits per heavy atom. The molecule has 178 valence electrons. The zero-order valence-corrected chi connectivity index (χ0v) is 22.0. The molecule has 0 spiro atoms. The van der Waals surface area contributed by atoms with Crippen molar-refractivity contribution in [3.63, 3.8) is 0 Å². The fraction of sp³-hybridized carbons (Fsp3) is 0.346. The van der Waals surface area contributed by atoms with Gasteiger partial charge in [0.05, 0.1) is 28.7 Å². The highest BCUT2D eigenvalue weighted by molar-refractivity contribution is 9.10. The minimum absolute atomic E-state index is 0.166. The van der Waals surface area contributed by atoms with Crippen LogP contribution in [0.2, 0.25) is 5.02 Å². The van der Waals surface area contributed by atoms with E-state index in [1.165, 1.54) is 12.1 Å². The molecule has 0 fully saturated rings. The van der Waals surface area contributed by atoms with E-state index in [-0.39, 0.29) is 12.1 Å². The van der Waals surface area contributed by atoms with E-state index in [1.54, 1.807) is 23.2 Å².